The minimum Gasteiger partial charge on any atom is -0.389 e. The lowest BCUT2D eigenvalue weighted by Crippen LogP contribution is -2.26. The third kappa shape index (κ3) is 3.72. The number of benzene rings is 1. The second kappa shape index (κ2) is 6.13. The average molecular weight is 290 g/mol. The molecule has 1 aliphatic heterocycles. The molecule has 0 aliphatic carbocycles. The molecule has 0 radical (unpaired) electrons. The first-order chi connectivity index (χ1) is 9.38. The Morgan fingerprint density at radius 1 is 1.15 bits per heavy atom. The van der Waals surface area contributed by atoms with Crippen LogP contribution in [0.2, 0.25) is 0 Å². The molecule has 2 rings (SSSR count). The lowest BCUT2D eigenvalue weighted by Gasteiger charge is -2.30. The maximum absolute atomic E-state index is 5.65. The van der Waals surface area contributed by atoms with Gasteiger partial charge in [0.05, 0.1) is 0 Å². The third-order valence-electron chi connectivity index (χ3n) is 4.47. The van der Waals surface area contributed by atoms with E-state index in [1.165, 1.54) is 24.9 Å². The van der Waals surface area contributed by atoms with Crippen LogP contribution in [0, 0.1) is 11.3 Å². The monoisotopic (exact) mass is 290 g/mol. The van der Waals surface area contributed by atoms with Crippen molar-refractivity contribution in [1.82, 2.24) is 0 Å². The van der Waals surface area contributed by atoms with Gasteiger partial charge in [0.25, 0.3) is 0 Å². The molecular weight excluding hydrogens is 264 g/mol. The molecule has 0 spiro atoms. The highest BCUT2D eigenvalue weighted by Crippen LogP contribution is 2.35. The number of hydrogen-bond donors (Lipinski definition) is 1. The fraction of sp³-hybridized carbons (Fsp3) is 0.588. The molecule has 1 heterocycles. The Hall–Kier alpha value is -1.09. The van der Waals surface area contributed by atoms with Gasteiger partial charge >= 0.3 is 0 Å². The molecule has 1 aliphatic rings. The molecule has 2 N–H and O–H groups in total. The summed E-state index contributed by atoms with van der Waals surface area (Å²) in [5.41, 5.74) is 8.31. The summed E-state index contributed by atoms with van der Waals surface area (Å²) in [6.45, 7) is 9.40. The van der Waals surface area contributed by atoms with Crippen LogP contribution < -0.4 is 10.6 Å². The zero-order chi connectivity index (χ0) is 14.8. The van der Waals surface area contributed by atoms with E-state index in [-0.39, 0.29) is 0 Å². The maximum Gasteiger partial charge on any atom is 0.103 e. The molecule has 20 heavy (non-hydrogen) atoms. The van der Waals surface area contributed by atoms with Crippen molar-refractivity contribution in [3.8, 4) is 0 Å². The van der Waals surface area contributed by atoms with E-state index in [1.54, 1.807) is 0 Å². The van der Waals surface area contributed by atoms with Crippen molar-refractivity contribution < 1.29 is 0 Å². The van der Waals surface area contributed by atoms with Gasteiger partial charge in [0.1, 0.15) is 4.99 Å². The van der Waals surface area contributed by atoms with E-state index in [0.29, 0.717) is 10.4 Å². The quantitative estimate of drug-likeness (QED) is 0.836. The molecule has 1 aromatic rings. The highest BCUT2D eigenvalue weighted by Gasteiger charge is 2.27. The molecule has 0 saturated carbocycles. The molecular formula is C17H26N2S. The van der Waals surface area contributed by atoms with E-state index in [1.807, 2.05) is 12.1 Å². The van der Waals surface area contributed by atoms with Crippen LogP contribution >= 0.6 is 12.2 Å². The van der Waals surface area contributed by atoms with Gasteiger partial charge < -0.3 is 10.6 Å². The van der Waals surface area contributed by atoms with Gasteiger partial charge in [-0.3, -0.25) is 0 Å². The molecule has 1 atom stereocenters. The van der Waals surface area contributed by atoms with Gasteiger partial charge in [0.2, 0.25) is 0 Å². The number of nitrogens with zero attached hydrogens (tertiary/aromatic N) is 1. The Balaban J connectivity index is 2.05. The first-order valence-corrected chi connectivity index (χ1v) is 7.93. The highest BCUT2D eigenvalue weighted by molar-refractivity contribution is 7.80. The van der Waals surface area contributed by atoms with E-state index >= 15 is 0 Å². The van der Waals surface area contributed by atoms with Crippen molar-refractivity contribution in [1.29, 1.82) is 0 Å². The highest BCUT2D eigenvalue weighted by atomic mass is 32.1. The Bertz CT molecular complexity index is 459. The van der Waals surface area contributed by atoms with Crippen LogP contribution in [0.1, 0.15) is 45.6 Å². The van der Waals surface area contributed by atoms with Crippen molar-refractivity contribution >= 4 is 22.9 Å². The smallest absolute Gasteiger partial charge is 0.103 e. The molecule has 3 heteroatoms. The summed E-state index contributed by atoms with van der Waals surface area (Å²) in [5.74, 6) is 0.823. The summed E-state index contributed by atoms with van der Waals surface area (Å²) < 4.78 is 0. The standard InChI is InChI=1S/C17H26N2S/c1-17(2,3)14-5-4-11-19(12-10-14)15-8-6-13(7-9-15)16(18)20/h6-9,14H,4-5,10-12H2,1-3H3,(H2,18,20). The SMILES string of the molecule is CC(C)(C)C1CCCN(c2ccc(C(N)=S)cc2)CC1. The van der Waals surface area contributed by atoms with E-state index in [9.17, 15) is 0 Å². The number of thiocarbonyl (C=S) groups is 1. The lowest BCUT2D eigenvalue weighted by molar-refractivity contribution is 0.220. The maximum atomic E-state index is 5.65. The van der Waals surface area contributed by atoms with E-state index in [2.05, 4.69) is 37.8 Å². The average Bonchev–Trinajstić information content (AvgIpc) is 2.64. The molecule has 0 aromatic heterocycles. The predicted molar refractivity (Wildman–Crippen MR) is 91.3 cm³/mol. The van der Waals surface area contributed by atoms with Gasteiger partial charge in [-0.1, -0.05) is 33.0 Å². The first kappa shape index (κ1) is 15.3. The van der Waals surface area contributed by atoms with Crippen LogP contribution in [-0.4, -0.2) is 18.1 Å². The van der Waals surface area contributed by atoms with Gasteiger partial charge in [-0.25, -0.2) is 0 Å². The first-order valence-electron chi connectivity index (χ1n) is 7.53. The van der Waals surface area contributed by atoms with Crippen LogP contribution in [0.25, 0.3) is 0 Å². The molecule has 2 nitrogen and oxygen atoms in total. The Kier molecular flexibility index (Phi) is 4.69. The van der Waals surface area contributed by atoms with E-state index < -0.39 is 0 Å². The van der Waals surface area contributed by atoms with Crippen molar-refractivity contribution in [3.63, 3.8) is 0 Å². The normalized spacial score (nSPS) is 20.6. The van der Waals surface area contributed by atoms with Crippen molar-refractivity contribution in [2.75, 3.05) is 18.0 Å². The molecule has 1 unspecified atom stereocenters. The molecule has 1 aromatic carbocycles. The van der Waals surface area contributed by atoms with Crippen molar-refractivity contribution in [2.24, 2.45) is 17.1 Å². The summed E-state index contributed by atoms with van der Waals surface area (Å²) >= 11 is 5.00. The van der Waals surface area contributed by atoms with Crippen molar-refractivity contribution in [2.45, 2.75) is 40.0 Å². The number of nitrogens with two attached hydrogens (primary N) is 1. The fourth-order valence-corrected chi connectivity index (χ4v) is 3.19. The third-order valence-corrected chi connectivity index (χ3v) is 4.71. The molecule has 110 valence electrons. The second-order valence-corrected chi connectivity index (χ2v) is 7.33. The minimum absolute atomic E-state index is 0.422. The van der Waals surface area contributed by atoms with Gasteiger partial charge in [0, 0.05) is 24.3 Å². The van der Waals surface area contributed by atoms with E-state index in [0.717, 1.165) is 24.6 Å². The van der Waals surface area contributed by atoms with Crippen LogP contribution in [0.15, 0.2) is 24.3 Å². The summed E-state index contributed by atoms with van der Waals surface area (Å²) in [5, 5.41) is 0. The van der Waals surface area contributed by atoms with Gasteiger partial charge in [-0.2, -0.15) is 0 Å². The molecule has 1 fully saturated rings. The van der Waals surface area contributed by atoms with Crippen LogP contribution in [0.5, 0.6) is 0 Å². The Morgan fingerprint density at radius 2 is 1.80 bits per heavy atom. The zero-order valence-electron chi connectivity index (χ0n) is 12.9. The van der Waals surface area contributed by atoms with E-state index in [4.69, 9.17) is 18.0 Å². The number of rotatable bonds is 2. The Morgan fingerprint density at radius 3 is 2.35 bits per heavy atom. The predicted octanol–water partition coefficient (Wildman–Crippen LogP) is 3.97. The number of anilines is 1. The van der Waals surface area contributed by atoms with Crippen molar-refractivity contribution in [3.05, 3.63) is 29.8 Å². The summed E-state index contributed by atoms with van der Waals surface area (Å²) in [4.78, 5) is 2.97. The van der Waals surface area contributed by atoms with Crippen LogP contribution in [0.3, 0.4) is 0 Å². The topological polar surface area (TPSA) is 29.3 Å². The zero-order valence-corrected chi connectivity index (χ0v) is 13.7. The minimum atomic E-state index is 0.422. The second-order valence-electron chi connectivity index (χ2n) is 6.89. The molecule has 0 amide bonds. The fourth-order valence-electron chi connectivity index (χ4n) is 3.06. The molecule has 0 bridgehead atoms. The molecule has 1 saturated heterocycles. The summed E-state index contributed by atoms with van der Waals surface area (Å²) in [6, 6.07) is 8.35. The Labute approximate surface area is 128 Å². The largest absolute Gasteiger partial charge is 0.389 e. The lowest BCUT2D eigenvalue weighted by atomic mass is 9.77. The van der Waals surface area contributed by atoms with Gasteiger partial charge in [0.15, 0.2) is 0 Å². The summed E-state index contributed by atoms with van der Waals surface area (Å²) in [7, 11) is 0. The summed E-state index contributed by atoms with van der Waals surface area (Å²) in [6.07, 6.45) is 3.89. The van der Waals surface area contributed by atoms with Crippen LogP contribution in [0.4, 0.5) is 5.69 Å². The number of hydrogen-bond acceptors (Lipinski definition) is 2. The van der Waals surface area contributed by atoms with Gasteiger partial charge in [-0.15, -0.1) is 0 Å². The van der Waals surface area contributed by atoms with Crippen LogP contribution in [-0.2, 0) is 0 Å². The van der Waals surface area contributed by atoms with Gasteiger partial charge in [-0.05, 0) is 54.9 Å².